The molecule has 14 heavy (non-hydrogen) atoms. The largest absolute Gasteiger partial charge is 0.481 e. The van der Waals surface area contributed by atoms with Crippen molar-refractivity contribution in [1.29, 1.82) is 0 Å². The maximum atomic E-state index is 11.7. The topological polar surface area (TPSA) is 71.4 Å². The summed E-state index contributed by atoms with van der Waals surface area (Å²) < 4.78 is 23.3. The van der Waals surface area contributed by atoms with Crippen LogP contribution in [0.3, 0.4) is 0 Å². The van der Waals surface area contributed by atoms with E-state index in [2.05, 4.69) is 0 Å². The van der Waals surface area contributed by atoms with E-state index >= 15 is 0 Å². The van der Waals surface area contributed by atoms with Gasteiger partial charge in [0.05, 0.1) is 16.4 Å². The number of carboxylic acid groups (broad SMARTS) is 1. The lowest BCUT2D eigenvalue weighted by Crippen LogP contribution is -2.39. The first-order valence-corrected chi connectivity index (χ1v) is 6.42. The molecule has 4 nitrogen and oxygen atoms in total. The van der Waals surface area contributed by atoms with Crippen LogP contribution in [0, 0.1) is 5.41 Å². The highest BCUT2D eigenvalue weighted by atomic mass is 32.2. The molecule has 0 aromatic carbocycles. The molecule has 1 N–H and O–H groups in total. The van der Waals surface area contributed by atoms with Gasteiger partial charge in [-0.2, -0.15) is 0 Å². The van der Waals surface area contributed by atoms with Crippen LogP contribution < -0.4 is 0 Å². The Bertz CT molecular complexity index is 325. The van der Waals surface area contributed by atoms with Gasteiger partial charge >= 0.3 is 5.97 Å². The summed E-state index contributed by atoms with van der Waals surface area (Å²) in [5, 5.41) is 8.52. The van der Waals surface area contributed by atoms with Gasteiger partial charge in [-0.05, 0) is 26.7 Å². The van der Waals surface area contributed by atoms with E-state index in [9.17, 15) is 13.2 Å². The molecule has 0 amide bonds. The van der Waals surface area contributed by atoms with Gasteiger partial charge in [-0.25, -0.2) is 8.42 Å². The predicted octanol–water partition coefficient (Wildman–Crippen LogP) is 1.06. The van der Waals surface area contributed by atoms with Crippen molar-refractivity contribution in [3.05, 3.63) is 0 Å². The Morgan fingerprint density at radius 3 is 2.21 bits per heavy atom. The van der Waals surface area contributed by atoms with E-state index in [-0.39, 0.29) is 11.0 Å². The second kappa shape index (κ2) is 3.53. The summed E-state index contributed by atoms with van der Waals surface area (Å²) in [6.45, 7) is 2.90. The van der Waals surface area contributed by atoms with Gasteiger partial charge in [-0.15, -0.1) is 0 Å². The number of carboxylic acids is 1. The van der Waals surface area contributed by atoms with E-state index in [1.54, 1.807) is 0 Å². The van der Waals surface area contributed by atoms with Gasteiger partial charge in [0.1, 0.15) is 0 Å². The Hall–Kier alpha value is -0.580. The van der Waals surface area contributed by atoms with Crippen LogP contribution in [-0.4, -0.2) is 30.5 Å². The average Bonchev–Trinajstić information content (AvgIpc) is 1.76. The number of hydrogen-bond acceptors (Lipinski definition) is 3. The fourth-order valence-electron chi connectivity index (χ4n) is 1.41. The van der Waals surface area contributed by atoms with E-state index in [1.807, 2.05) is 0 Å². The molecule has 0 aliphatic heterocycles. The molecule has 1 aliphatic carbocycles. The first-order valence-electron chi connectivity index (χ1n) is 4.71. The number of hydrogen-bond donors (Lipinski definition) is 1. The van der Waals surface area contributed by atoms with Crippen LogP contribution >= 0.6 is 0 Å². The summed E-state index contributed by atoms with van der Waals surface area (Å²) in [7, 11) is -3.21. The van der Waals surface area contributed by atoms with Crippen molar-refractivity contribution in [1.82, 2.24) is 0 Å². The maximum absolute atomic E-state index is 11.7. The van der Waals surface area contributed by atoms with Crippen molar-refractivity contribution < 1.29 is 18.3 Å². The highest BCUT2D eigenvalue weighted by Crippen LogP contribution is 2.30. The van der Waals surface area contributed by atoms with Crippen LogP contribution in [-0.2, 0) is 14.6 Å². The molecule has 5 heteroatoms. The molecule has 0 aromatic rings. The fourth-order valence-corrected chi connectivity index (χ4v) is 3.83. The zero-order valence-corrected chi connectivity index (χ0v) is 9.30. The summed E-state index contributed by atoms with van der Waals surface area (Å²) in [6, 6.07) is 0. The standard InChI is InChI=1S/C9H16O4S/c1-9(2,8(10)11)6-14(12,13)7-4-3-5-7/h7H,3-6H2,1-2H3,(H,10,11). The Morgan fingerprint density at radius 1 is 1.43 bits per heavy atom. The molecule has 1 fully saturated rings. The van der Waals surface area contributed by atoms with Gasteiger partial charge in [0.25, 0.3) is 0 Å². The zero-order valence-electron chi connectivity index (χ0n) is 8.49. The highest BCUT2D eigenvalue weighted by Gasteiger charge is 2.39. The number of aliphatic carboxylic acids is 1. The van der Waals surface area contributed by atoms with Crippen LogP contribution in [0.1, 0.15) is 33.1 Å². The molecule has 0 bridgehead atoms. The van der Waals surface area contributed by atoms with Crippen LogP contribution in [0.15, 0.2) is 0 Å². The van der Waals surface area contributed by atoms with E-state index in [4.69, 9.17) is 5.11 Å². The second-order valence-corrected chi connectivity index (χ2v) is 6.83. The minimum Gasteiger partial charge on any atom is -0.481 e. The van der Waals surface area contributed by atoms with Gasteiger partial charge < -0.3 is 5.11 Å². The minimum absolute atomic E-state index is 0.250. The maximum Gasteiger partial charge on any atom is 0.310 e. The smallest absolute Gasteiger partial charge is 0.310 e. The molecule has 0 spiro atoms. The Balaban J connectivity index is 2.72. The molecular formula is C9H16O4S. The van der Waals surface area contributed by atoms with Gasteiger partial charge in [0.2, 0.25) is 0 Å². The van der Waals surface area contributed by atoms with Crippen LogP contribution in [0.25, 0.3) is 0 Å². The fraction of sp³-hybridized carbons (Fsp3) is 0.889. The molecule has 0 heterocycles. The predicted molar refractivity (Wildman–Crippen MR) is 52.8 cm³/mol. The Kier molecular flexibility index (Phi) is 2.90. The minimum atomic E-state index is -3.21. The lowest BCUT2D eigenvalue weighted by atomic mass is 9.97. The van der Waals surface area contributed by atoms with Crippen molar-refractivity contribution >= 4 is 15.8 Å². The van der Waals surface area contributed by atoms with Crippen LogP contribution in [0.2, 0.25) is 0 Å². The van der Waals surface area contributed by atoms with Gasteiger partial charge in [0, 0.05) is 0 Å². The third kappa shape index (κ3) is 2.26. The lowest BCUT2D eigenvalue weighted by Gasteiger charge is -2.28. The first kappa shape index (κ1) is 11.5. The van der Waals surface area contributed by atoms with Crippen LogP contribution in [0.4, 0.5) is 0 Å². The first-order chi connectivity index (χ1) is 6.26. The van der Waals surface area contributed by atoms with Crippen molar-refractivity contribution in [2.45, 2.75) is 38.4 Å². The second-order valence-electron chi connectivity index (χ2n) is 4.55. The molecule has 0 aromatic heterocycles. The number of carbonyl (C=O) groups is 1. The van der Waals surface area contributed by atoms with Crippen molar-refractivity contribution in [2.75, 3.05) is 5.75 Å². The summed E-state index contributed by atoms with van der Waals surface area (Å²) in [5.74, 6) is -1.31. The lowest BCUT2D eigenvalue weighted by molar-refractivity contribution is -0.145. The van der Waals surface area contributed by atoms with Crippen LogP contribution in [0.5, 0.6) is 0 Å². The summed E-state index contributed by atoms with van der Waals surface area (Å²) in [5.41, 5.74) is -1.17. The van der Waals surface area contributed by atoms with Crippen molar-refractivity contribution in [3.8, 4) is 0 Å². The SMILES string of the molecule is CC(C)(CS(=O)(=O)C1CCC1)C(=O)O. The van der Waals surface area contributed by atoms with Gasteiger partial charge in [0.15, 0.2) is 9.84 Å². The molecule has 1 rings (SSSR count). The average molecular weight is 220 g/mol. The molecule has 82 valence electrons. The zero-order chi connectivity index (χ0) is 11.0. The van der Waals surface area contributed by atoms with Gasteiger partial charge in [-0.1, -0.05) is 6.42 Å². The Labute approximate surface area is 84.2 Å². The van der Waals surface area contributed by atoms with E-state index in [1.165, 1.54) is 13.8 Å². The molecule has 1 saturated carbocycles. The summed E-state index contributed by atoms with van der Waals surface area (Å²) in [6.07, 6.45) is 2.33. The molecule has 0 radical (unpaired) electrons. The third-order valence-electron chi connectivity index (χ3n) is 2.70. The highest BCUT2D eigenvalue weighted by molar-refractivity contribution is 7.92. The number of rotatable bonds is 4. The quantitative estimate of drug-likeness (QED) is 0.769. The van der Waals surface area contributed by atoms with E-state index < -0.39 is 21.2 Å². The normalized spacial score (nSPS) is 19.0. The van der Waals surface area contributed by atoms with E-state index in [0.29, 0.717) is 12.8 Å². The number of sulfone groups is 1. The summed E-state index contributed by atoms with van der Waals surface area (Å²) in [4.78, 5) is 10.8. The molecule has 0 atom stereocenters. The monoisotopic (exact) mass is 220 g/mol. The van der Waals surface area contributed by atoms with Crippen molar-refractivity contribution in [2.24, 2.45) is 5.41 Å². The molecule has 0 unspecified atom stereocenters. The Morgan fingerprint density at radius 2 is 1.93 bits per heavy atom. The third-order valence-corrected chi connectivity index (χ3v) is 5.31. The summed E-state index contributed by atoms with van der Waals surface area (Å²) >= 11 is 0. The van der Waals surface area contributed by atoms with E-state index in [0.717, 1.165) is 6.42 Å². The molecule has 0 saturated heterocycles. The molecule has 1 aliphatic rings. The van der Waals surface area contributed by atoms with Gasteiger partial charge in [-0.3, -0.25) is 4.79 Å². The van der Waals surface area contributed by atoms with Crippen molar-refractivity contribution in [3.63, 3.8) is 0 Å². The molecular weight excluding hydrogens is 204 g/mol.